The summed E-state index contributed by atoms with van der Waals surface area (Å²) < 4.78 is 24.9. The standard InChI is InChI=1S/C20H33N3O3S.C4H4O4/c1-18(2)23(16-17-27(25,26)19-10-5-3-6-11-19)20(24)21-12-9-15-22-13-7-4-8-14-22;5-3(6)1-2-4(7)8/h3,5-6,10-11,18H,4,7-9,12-17H2,1-2H3,(H,21,24);1-2H,(H,5,6)(H,7,8)/b;2-1-. The lowest BCUT2D eigenvalue weighted by atomic mass is 10.1. The van der Waals surface area contributed by atoms with E-state index in [2.05, 4.69) is 10.2 Å². The monoisotopic (exact) mass is 511 g/mol. The first-order valence-corrected chi connectivity index (χ1v) is 13.4. The van der Waals surface area contributed by atoms with Crippen LogP contribution >= 0.6 is 0 Å². The van der Waals surface area contributed by atoms with Crippen LogP contribution in [0.1, 0.15) is 39.5 Å². The summed E-state index contributed by atoms with van der Waals surface area (Å²) in [7, 11) is -3.39. The Kier molecular flexibility index (Phi) is 13.7. The zero-order valence-electron chi connectivity index (χ0n) is 20.4. The van der Waals surface area contributed by atoms with Crippen molar-refractivity contribution in [3.05, 3.63) is 42.5 Å². The van der Waals surface area contributed by atoms with Gasteiger partial charge < -0.3 is 25.3 Å². The highest BCUT2D eigenvalue weighted by Crippen LogP contribution is 2.12. The topological polar surface area (TPSA) is 144 Å². The van der Waals surface area contributed by atoms with Crippen molar-refractivity contribution in [2.24, 2.45) is 0 Å². The molecular weight excluding hydrogens is 474 g/mol. The number of carboxylic acid groups (broad SMARTS) is 2. The first-order chi connectivity index (χ1) is 16.5. The molecule has 0 aliphatic carbocycles. The van der Waals surface area contributed by atoms with E-state index in [4.69, 9.17) is 10.2 Å². The van der Waals surface area contributed by atoms with Gasteiger partial charge in [0.2, 0.25) is 0 Å². The predicted molar refractivity (Wildman–Crippen MR) is 133 cm³/mol. The highest BCUT2D eigenvalue weighted by molar-refractivity contribution is 7.91. The lowest BCUT2D eigenvalue weighted by Crippen LogP contribution is -2.46. The van der Waals surface area contributed by atoms with Crippen molar-refractivity contribution in [1.82, 2.24) is 15.1 Å². The number of sulfone groups is 1. The van der Waals surface area contributed by atoms with Crippen LogP contribution in [0.5, 0.6) is 0 Å². The number of nitrogens with one attached hydrogen (secondary N) is 1. The molecule has 11 heteroatoms. The molecule has 1 aliphatic heterocycles. The first kappa shape index (κ1) is 30.1. The Morgan fingerprint density at radius 1 is 1.03 bits per heavy atom. The highest BCUT2D eigenvalue weighted by Gasteiger charge is 2.21. The van der Waals surface area contributed by atoms with Crippen LogP contribution in [0.25, 0.3) is 0 Å². The quantitative estimate of drug-likeness (QED) is 0.304. The van der Waals surface area contributed by atoms with Crippen molar-refractivity contribution in [3.63, 3.8) is 0 Å². The number of amides is 2. The molecule has 2 amide bonds. The minimum atomic E-state index is -3.39. The lowest BCUT2D eigenvalue weighted by molar-refractivity contribution is -0.134. The molecule has 0 unspecified atom stereocenters. The maximum absolute atomic E-state index is 12.5. The van der Waals surface area contributed by atoms with Gasteiger partial charge in [-0.1, -0.05) is 24.6 Å². The number of urea groups is 1. The summed E-state index contributed by atoms with van der Waals surface area (Å²) in [6.45, 7) is 7.93. The van der Waals surface area contributed by atoms with Crippen LogP contribution in [0.4, 0.5) is 4.79 Å². The van der Waals surface area contributed by atoms with E-state index in [-0.39, 0.29) is 24.4 Å². The molecule has 10 nitrogen and oxygen atoms in total. The molecule has 1 fully saturated rings. The number of carboxylic acids is 2. The smallest absolute Gasteiger partial charge is 0.328 e. The number of carbonyl (C=O) groups excluding carboxylic acids is 1. The molecule has 1 heterocycles. The summed E-state index contributed by atoms with van der Waals surface area (Å²) in [5.41, 5.74) is 0. The number of carbonyl (C=O) groups is 3. The molecular formula is C24H37N3O7S. The van der Waals surface area contributed by atoms with Crippen molar-refractivity contribution in [1.29, 1.82) is 0 Å². The molecule has 35 heavy (non-hydrogen) atoms. The fourth-order valence-electron chi connectivity index (χ4n) is 3.48. The average Bonchev–Trinajstić information content (AvgIpc) is 2.82. The Labute approximate surface area is 207 Å². The molecule has 3 N–H and O–H groups in total. The fourth-order valence-corrected chi connectivity index (χ4v) is 4.73. The molecule has 196 valence electrons. The van der Waals surface area contributed by atoms with Gasteiger partial charge >= 0.3 is 18.0 Å². The van der Waals surface area contributed by atoms with Gasteiger partial charge in [-0.3, -0.25) is 0 Å². The van der Waals surface area contributed by atoms with Crippen molar-refractivity contribution in [2.75, 3.05) is 38.5 Å². The molecule has 1 aromatic carbocycles. The van der Waals surface area contributed by atoms with Crippen molar-refractivity contribution >= 4 is 27.8 Å². The highest BCUT2D eigenvalue weighted by atomic mass is 32.2. The molecule has 0 bridgehead atoms. The molecule has 2 rings (SSSR count). The maximum atomic E-state index is 12.5. The predicted octanol–water partition coefficient (Wildman–Crippen LogP) is 2.47. The van der Waals surface area contributed by atoms with Gasteiger partial charge in [0, 0.05) is 31.3 Å². The lowest BCUT2D eigenvalue weighted by Gasteiger charge is -2.28. The van der Waals surface area contributed by atoms with E-state index in [9.17, 15) is 22.8 Å². The first-order valence-electron chi connectivity index (χ1n) is 11.7. The van der Waals surface area contributed by atoms with Crippen LogP contribution in [-0.2, 0) is 19.4 Å². The van der Waals surface area contributed by atoms with E-state index >= 15 is 0 Å². The summed E-state index contributed by atoms with van der Waals surface area (Å²) in [6, 6.07) is 8.15. The second kappa shape index (κ2) is 15.9. The number of benzene rings is 1. The van der Waals surface area contributed by atoms with Gasteiger partial charge in [0.25, 0.3) is 0 Å². The zero-order chi connectivity index (χ0) is 26.3. The molecule has 0 aromatic heterocycles. The molecule has 1 saturated heterocycles. The zero-order valence-corrected chi connectivity index (χ0v) is 21.2. The molecule has 1 aliphatic rings. The maximum Gasteiger partial charge on any atom is 0.328 e. The normalized spacial score (nSPS) is 14.3. The number of hydrogen-bond donors (Lipinski definition) is 3. The van der Waals surface area contributed by atoms with Crippen LogP contribution < -0.4 is 5.32 Å². The largest absolute Gasteiger partial charge is 0.478 e. The van der Waals surface area contributed by atoms with Crippen LogP contribution in [-0.4, -0.2) is 90.9 Å². The number of aliphatic carboxylic acids is 2. The summed E-state index contributed by atoms with van der Waals surface area (Å²) in [4.78, 5) is 35.9. The number of nitrogens with zero attached hydrogens (tertiary/aromatic N) is 2. The Morgan fingerprint density at radius 2 is 1.60 bits per heavy atom. The SMILES string of the molecule is CC(C)N(CCS(=O)(=O)c1ccccc1)C(=O)NCCCN1CCCCC1.O=C(O)/C=C\C(=O)O. The van der Waals surface area contributed by atoms with Crippen LogP contribution in [0, 0.1) is 0 Å². The summed E-state index contributed by atoms with van der Waals surface area (Å²) >= 11 is 0. The third kappa shape index (κ3) is 12.9. The number of likely N-dealkylation sites (tertiary alicyclic amines) is 1. The Bertz CT molecular complexity index is 912. The summed E-state index contributed by atoms with van der Waals surface area (Å²) in [5.74, 6) is -2.59. The number of piperidine rings is 1. The number of hydrogen-bond acceptors (Lipinski definition) is 6. The molecule has 0 saturated carbocycles. The second-order valence-electron chi connectivity index (χ2n) is 8.42. The van der Waals surface area contributed by atoms with Crippen molar-refractivity contribution in [3.8, 4) is 0 Å². The van der Waals surface area contributed by atoms with Gasteiger partial charge in [-0.15, -0.1) is 0 Å². The summed E-state index contributed by atoms with van der Waals surface area (Å²) in [5, 5.41) is 18.6. The third-order valence-corrected chi connectivity index (χ3v) is 7.04. The van der Waals surface area contributed by atoms with E-state index in [1.165, 1.54) is 19.3 Å². The molecule has 0 radical (unpaired) electrons. The number of rotatable bonds is 11. The van der Waals surface area contributed by atoms with Gasteiger partial charge in [-0.2, -0.15) is 0 Å². The van der Waals surface area contributed by atoms with Crippen molar-refractivity contribution < 1.29 is 33.0 Å². The van der Waals surface area contributed by atoms with Gasteiger partial charge in [-0.25, -0.2) is 22.8 Å². The summed E-state index contributed by atoms with van der Waals surface area (Å²) in [6.07, 6.45) is 5.89. The van der Waals surface area contributed by atoms with Crippen LogP contribution in [0.2, 0.25) is 0 Å². The molecule has 0 spiro atoms. The average molecular weight is 512 g/mol. The van der Waals surface area contributed by atoms with Crippen molar-refractivity contribution in [2.45, 2.75) is 50.5 Å². The van der Waals surface area contributed by atoms with E-state index in [1.807, 2.05) is 13.8 Å². The van der Waals surface area contributed by atoms with Gasteiger partial charge in [-0.05, 0) is 64.9 Å². The van der Waals surface area contributed by atoms with Gasteiger partial charge in [0.05, 0.1) is 10.6 Å². The minimum Gasteiger partial charge on any atom is -0.478 e. The fraction of sp³-hybridized carbons (Fsp3) is 0.542. The molecule has 1 aromatic rings. The van der Waals surface area contributed by atoms with Gasteiger partial charge in [0.15, 0.2) is 9.84 Å². The van der Waals surface area contributed by atoms with E-state index in [0.717, 1.165) is 26.1 Å². The van der Waals surface area contributed by atoms with E-state index in [1.54, 1.807) is 35.2 Å². The van der Waals surface area contributed by atoms with Gasteiger partial charge in [0.1, 0.15) is 0 Å². The minimum absolute atomic E-state index is 0.0573. The Hall–Kier alpha value is -2.92. The van der Waals surface area contributed by atoms with Crippen LogP contribution in [0.3, 0.4) is 0 Å². The Balaban J connectivity index is 0.000000658. The molecule has 0 atom stereocenters. The van der Waals surface area contributed by atoms with Crippen LogP contribution in [0.15, 0.2) is 47.4 Å². The second-order valence-corrected chi connectivity index (χ2v) is 10.5. The van der Waals surface area contributed by atoms with E-state index < -0.39 is 21.8 Å². The van der Waals surface area contributed by atoms with E-state index in [0.29, 0.717) is 23.6 Å². The Morgan fingerprint density at radius 3 is 2.11 bits per heavy atom. The third-order valence-electron chi connectivity index (χ3n) is 5.33.